The zero-order valence-electron chi connectivity index (χ0n) is 22.0. The summed E-state index contributed by atoms with van der Waals surface area (Å²) in [5.74, 6) is 1.66. The van der Waals surface area contributed by atoms with Crippen LogP contribution in [0.15, 0.2) is 24.3 Å². The molecule has 4 heteroatoms. The fraction of sp³-hybridized carbons (Fsp3) is 0.767. The van der Waals surface area contributed by atoms with Gasteiger partial charge in [-0.3, -0.25) is 9.69 Å². The van der Waals surface area contributed by atoms with Gasteiger partial charge in [-0.2, -0.15) is 0 Å². The second-order valence-electron chi connectivity index (χ2n) is 12.5. The molecule has 190 valence electrons. The lowest BCUT2D eigenvalue weighted by molar-refractivity contribution is -0.144. The molecule has 1 aromatic rings. The Labute approximate surface area is 207 Å². The van der Waals surface area contributed by atoms with Crippen LogP contribution < -0.4 is 4.74 Å². The molecule has 2 aliphatic carbocycles. The number of piperidine rings is 1. The van der Waals surface area contributed by atoms with Crippen LogP contribution in [-0.2, 0) is 4.79 Å². The number of carbonyl (C=O) groups is 1. The summed E-state index contributed by atoms with van der Waals surface area (Å²) in [4.78, 5) is 14.0. The predicted molar refractivity (Wildman–Crippen MR) is 138 cm³/mol. The standard InChI is InChI=1S/C30H47NO3/c1-5-30(31-19-16-23(17-20-31)28(32)33)18-6-7-24(21-30)22-8-12-26(13-9-22)34-27-14-10-25(11-15-27)29(2,3)4/h8-9,12-13,23-25,27H,5-7,10-11,14-21H2,1-4H3,(H,32,33). The molecule has 1 saturated heterocycles. The summed E-state index contributed by atoms with van der Waals surface area (Å²) in [5.41, 5.74) is 2.08. The quantitative estimate of drug-likeness (QED) is 0.476. The Bertz CT molecular complexity index is 797. The first-order chi connectivity index (χ1) is 16.2. The van der Waals surface area contributed by atoms with Crippen LogP contribution >= 0.6 is 0 Å². The predicted octanol–water partition coefficient (Wildman–Crippen LogP) is 7.27. The van der Waals surface area contributed by atoms with Gasteiger partial charge in [0, 0.05) is 5.54 Å². The van der Waals surface area contributed by atoms with Crippen molar-refractivity contribution >= 4 is 5.97 Å². The van der Waals surface area contributed by atoms with Crippen molar-refractivity contribution in [2.75, 3.05) is 13.1 Å². The van der Waals surface area contributed by atoms with Gasteiger partial charge in [0.05, 0.1) is 12.0 Å². The van der Waals surface area contributed by atoms with Gasteiger partial charge < -0.3 is 9.84 Å². The summed E-state index contributed by atoms with van der Waals surface area (Å²) >= 11 is 0. The van der Waals surface area contributed by atoms with E-state index in [9.17, 15) is 9.90 Å². The summed E-state index contributed by atoms with van der Waals surface area (Å²) in [6.45, 7) is 11.3. The number of nitrogens with zero attached hydrogens (tertiary/aromatic N) is 1. The maximum Gasteiger partial charge on any atom is 0.306 e. The highest BCUT2D eigenvalue weighted by Crippen LogP contribution is 2.45. The number of likely N-dealkylation sites (tertiary alicyclic amines) is 1. The Balaban J connectivity index is 1.34. The lowest BCUT2D eigenvalue weighted by Crippen LogP contribution is -2.54. The lowest BCUT2D eigenvalue weighted by atomic mass is 9.70. The lowest BCUT2D eigenvalue weighted by Gasteiger charge is -2.50. The van der Waals surface area contributed by atoms with E-state index in [2.05, 4.69) is 56.9 Å². The fourth-order valence-electron chi connectivity index (χ4n) is 7.12. The molecular weight excluding hydrogens is 422 g/mol. The second-order valence-corrected chi connectivity index (χ2v) is 12.5. The van der Waals surface area contributed by atoms with Gasteiger partial charge in [-0.25, -0.2) is 0 Å². The molecule has 1 heterocycles. The first kappa shape index (κ1) is 25.5. The number of carboxylic acid groups (broad SMARTS) is 1. The molecule has 4 nitrogen and oxygen atoms in total. The third kappa shape index (κ3) is 5.80. The van der Waals surface area contributed by atoms with Crippen molar-refractivity contribution in [1.82, 2.24) is 4.90 Å². The number of hydrogen-bond acceptors (Lipinski definition) is 3. The number of aliphatic carboxylic acids is 1. The van der Waals surface area contributed by atoms with Crippen LogP contribution in [0, 0.1) is 17.3 Å². The van der Waals surface area contributed by atoms with Gasteiger partial charge in [-0.15, -0.1) is 0 Å². The third-order valence-electron chi connectivity index (χ3n) is 9.55. The monoisotopic (exact) mass is 469 g/mol. The Morgan fingerprint density at radius 3 is 2.24 bits per heavy atom. The molecule has 1 aliphatic heterocycles. The van der Waals surface area contributed by atoms with Gasteiger partial charge >= 0.3 is 5.97 Å². The maximum absolute atomic E-state index is 11.4. The van der Waals surface area contributed by atoms with Crippen molar-refractivity contribution in [2.24, 2.45) is 17.3 Å². The van der Waals surface area contributed by atoms with Gasteiger partial charge in [0.1, 0.15) is 5.75 Å². The molecule has 0 aromatic heterocycles. The Morgan fingerprint density at radius 2 is 1.68 bits per heavy atom. The molecule has 0 amide bonds. The molecule has 2 atom stereocenters. The van der Waals surface area contributed by atoms with Crippen molar-refractivity contribution in [3.63, 3.8) is 0 Å². The summed E-state index contributed by atoms with van der Waals surface area (Å²) in [5, 5.41) is 9.39. The molecule has 0 spiro atoms. The van der Waals surface area contributed by atoms with Gasteiger partial charge in [-0.1, -0.05) is 46.2 Å². The first-order valence-corrected chi connectivity index (χ1v) is 13.9. The molecule has 1 aromatic carbocycles. The van der Waals surface area contributed by atoms with Crippen molar-refractivity contribution in [3.05, 3.63) is 29.8 Å². The highest BCUT2D eigenvalue weighted by molar-refractivity contribution is 5.70. The minimum atomic E-state index is -0.615. The molecule has 34 heavy (non-hydrogen) atoms. The van der Waals surface area contributed by atoms with E-state index in [4.69, 9.17) is 4.74 Å². The summed E-state index contributed by atoms with van der Waals surface area (Å²) in [6, 6.07) is 9.02. The van der Waals surface area contributed by atoms with E-state index in [1.807, 2.05) is 0 Å². The topological polar surface area (TPSA) is 49.8 Å². The van der Waals surface area contributed by atoms with Crippen LogP contribution in [0.25, 0.3) is 0 Å². The minimum Gasteiger partial charge on any atom is -0.490 e. The number of ether oxygens (including phenoxy) is 1. The zero-order chi connectivity index (χ0) is 24.3. The van der Waals surface area contributed by atoms with E-state index in [1.54, 1.807) is 0 Å². The number of hydrogen-bond donors (Lipinski definition) is 1. The number of rotatable bonds is 6. The van der Waals surface area contributed by atoms with E-state index in [0.717, 1.165) is 44.0 Å². The van der Waals surface area contributed by atoms with Crippen LogP contribution in [-0.4, -0.2) is 40.7 Å². The number of benzene rings is 1. The van der Waals surface area contributed by atoms with E-state index >= 15 is 0 Å². The molecule has 4 rings (SSSR count). The van der Waals surface area contributed by atoms with Gasteiger partial charge in [0.2, 0.25) is 0 Å². The summed E-state index contributed by atoms with van der Waals surface area (Å²) in [7, 11) is 0. The van der Waals surface area contributed by atoms with E-state index < -0.39 is 5.97 Å². The Hall–Kier alpha value is -1.55. The Morgan fingerprint density at radius 1 is 1.03 bits per heavy atom. The van der Waals surface area contributed by atoms with Crippen LogP contribution in [0.3, 0.4) is 0 Å². The zero-order valence-corrected chi connectivity index (χ0v) is 22.0. The van der Waals surface area contributed by atoms with Crippen LogP contribution in [0.5, 0.6) is 5.75 Å². The van der Waals surface area contributed by atoms with Crippen molar-refractivity contribution in [1.29, 1.82) is 0 Å². The number of carboxylic acids is 1. The average Bonchev–Trinajstić information content (AvgIpc) is 2.84. The van der Waals surface area contributed by atoms with Crippen molar-refractivity contribution in [2.45, 2.75) is 116 Å². The van der Waals surface area contributed by atoms with Crippen molar-refractivity contribution < 1.29 is 14.6 Å². The van der Waals surface area contributed by atoms with Crippen LogP contribution in [0.1, 0.15) is 110 Å². The molecule has 2 unspecified atom stereocenters. The summed E-state index contributed by atoms with van der Waals surface area (Å²) < 4.78 is 6.39. The van der Waals surface area contributed by atoms with E-state index in [1.165, 1.54) is 56.9 Å². The largest absolute Gasteiger partial charge is 0.490 e. The molecule has 0 radical (unpaired) electrons. The third-order valence-corrected chi connectivity index (χ3v) is 9.55. The molecule has 2 saturated carbocycles. The van der Waals surface area contributed by atoms with Gasteiger partial charge in [0.25, 0.3) is 0 Å². The minimum absolute atomic E-state index is 0.152. The molecule has 1 N–H and O–H groups in total. The average molecular weight is 470 g/mol. The maximum atomic E-state index is 11.4. The molecule has 3 aliphatic rings. The highest BCUT2D eigenvalue weighted by atomic mass is 16.5. The fourth-order valence-corrected chi connectivity index (χ4v) is 7.12. The van der Waals surface area contributed by atoms with E-state index in [-0.39, 0.29) is 11.5 Å². The Kier molecular flexibility index (Phi) is 7.96. The smallest absolute Gasteiger partial charge is 0.306 e. The molecule has 0 bridgehead atoms. The summed E-state index contributed by atoms with van der Waals surface area (Å²) in [6.07, 6.45) is 12.9. The van der Waals surface area contributed by atoms with Gasteiger partial charge in [-0.05, 0) is 112 Å². The van der Waals surface area contributed by atoms with Gasteiger partial charge in [0.15, 0.2) is 0 Å². The molecular formula is C30H47NO3. The highest BCUT2D eigenvalue weighted by Gasteiger charge is 2.42. The van der Waals surface area contributed by atoms with Crippen LogP contribution in [0.2, 0.25) is 0 Å². The molecule has 3 fully saturated rings. The van der Waals surface area contributed by atoms with Crippen molar-refractivity contribution in [3.8, 4) is 5.75 Å². The van der Waals surface area contributed by atoms with E-state index in [0.29, 0.717) is 17.4 Å². The second kappa shape index (κ2) is 10.6. The van der Waals surface area contributed by atoms with Crippen LogP contribution in [0.4, 0.5) is 0 Å². The first-order valence-electron chi connectivity index (χ1n) is 13.9. The SMILES string of the molecule is CCC1(N2CCC(C(=O)O)CC2)CCCC(c2ccc(OC3CCC(C(C)(C)C)CC3)cc2)C1. The normalized spacial score (nSPS) is 31.8.